The zero-order valence-corrected chi connectivity index (χ0v) is 16.4. The van der Waals surface area contributed by atoms with Crippen molar-refractivity contribution in [3.05, 3.63) is 95.3 Å². The first-order chi connectivity index (χ1) is 14.6. The minimum atomic E-state index is -0.263. The van der Waals surface area contributed by atoms with Crippen molar-refractivity contribution in [1.82, 2.24) is 15.5 Å². The van der Waals surface area contributed by atoms with E-state index in [0.29, 0.717) is 35.9 Å². The smallest absolute Gasteiger partial charge is 0.251 e. The van der Waals surface area contributed by atoms with Crippen LogP contribution in [0.5, 0.6) is 0 Å². The minimum absolute atomic E-state index is 0.219. The van der Waals surface area contributed by atoms with E-state index in [1.54, 1.807) is 42.5 Å². The Morgan fingerprint density at radius 3 is 2.40 bits per heavy atom. The lowest BCUT2D eigenvalue weighted by Crippen LogP contribution is -2.25. The van der Waals surface area contributed by atoms with Crippen molar-refractivity contribution < 1.29 is 13.6 Å². The Morgan fingerprint density at radius 1 is 0.933 bits per heavy atom. The van der Waals surface area contributed by atoms with Gasteiger partial charge in [0, 0.05) is 23.2 Å². The van der Waals surface area contributed by atoms with Crippen LogP contribution in [0.15, 0.2) is 77.2 Å². The molecule has 0 radical (unpaired) electrons. The van der Waals surface area contributed by atoms with E-state index in [4.69, 9.17) is 4.42 Å². The molecule has 1 N–H and O–H groups in total. The second-order valence-electron chi connectivity index (χ2n) is 6.90. The molecule has 0 unspecified atom stereocenters. The standard InChI is InChI=1S/C24H20FN3O2/c1-16-6-2-4-8-20(16)24-28-27-23(30-24)19-12-10-18(11-13-19)22(29)26-15-14-17-7-3-5-9-21(17)25/h2-13H,14-15H2,1H3,(H,26,29). The number of aryl methyl sites for hydroxylation is 1. The fraction of sp³-hybridized carbons (Fsp3) is 0.125. The number of benzene rings is 3. The highest BCUT2D eigenvalue weighted by Gasteiger charge is 2.13. The molecule has 4 rings (SSSR count). The van der Waals surface area contributed by atoms with Gasteiger partial charge in [0.1, 0.15) is 5.82 Å². The van der Waals surface area contributed by atoms with Gasteiger partial charge in [0.25, 0.3) is 5.91 Å². The number of nitrogens with one attached hydrogen (secondary N) is 1. The molecule has 0 spiro atoms. The van der Waals surface area contributed by atoms with Crippen molar-refractivity contribution in [2.24, 2.45) is 0 Å². The summed E-state index contributed by atoms with van der Waals surface area (Å²) < 4.78 is 19.4. The first-order valence-corrected chi connectivity index (χ1v) is 9.63. The normalized spacial score (nSPS) is 10.7. The van der Waals surface area contributed by atoms with Crippen LogP contribution >= 0.6 is 0 Å². The highest BCUT2D eigenvalue weighted by atomic mass is 19.1. The summed E-state index contributed by atoms with van der Waals surface area (Å²) in [6, 6.07) is 21.3. The second kappa shape index (κ2) is 8.69. The lowest BCUT2D eigenvalue weighted by atomic mass is 10.1. The van der Waals surface area contributed by atoms with Crippen molar-refractivity contribution in [3.8, 4) is 22.9 Å². The molecule has 0 saturated heterocycles. The van der Waals surface area contributed by atoms with Gasteiger partial charge in [-0.1, -0.05) is 36.4 Å². The van der Waals surface area contributed by atoms with Gasteiger partial charge < -0.3 is 9.73 Å². The van der Waals surface area contributed by atoms with Crippen molar-refractivity contribution in [2.45, 2.75) is 13.3 Å². The van der Waals surface area contributed by atoms with Crippen molar-refractivity contribution in [2.75, 3.05) is 6.54 Å². The number of amides is 1. The molecular formula is C24H20FN3O2. The van der Waals surface area contributed by atoms with Gasteiger partial charge in [-0.05, 0) is 60.9 Å². The molecule has 1 heterocycles. The first-order valence-electron chi connectivity index (χ1n) is 9.63. The van der Waals surface area contributed by atoms with Crippen molar-refractivity contribution in [1.29, 1.82) is 0 Å². The summed E-state index contributed by atoms with van der Waals surface area (Å²) in [5, 5.41) is 11.1. The number of rotatable bonds is 6. The highest BCUT2D eigenvalue weighted by molar-refractivity contribution is 5.94. The van der Waals surface area contributed by atoms with Crippen LogP contribution in [0.3, 0.4) is 0 Å². The quantitative estimate of drug-likeness (QED) is 0.503. The number of halogens is 1. The van der Waals surface area contributed by atoms with E-state index in [1.807, 2.05) is 31.2 Å². The van der Waals surface area contributed by atoms with Gasteiger partial charge in [-0.25, -0.2) is 4.39 Å². The van der Waals surface area contributed by atoms with Gasteiger partial charge in [-0.3, -0.25) is 4.79 Å². The monoisotopic (exact) mass is 401 g/mol. The highest BCUT2D eigenvalue weighted by Crippen LogP contribution is 2.26. The molecule has 1 aromatic heterocycles. The lowest BCUT2D eigenvalue weighted by molar-refractivity contribution is 0.0954. The maximum absolute atomic E-state index is 13.6. The maximum atomic E-state index is 13.6. The number of hydrogen-bond donors (Lipinski definition) is 1. The first kappa shape index (κ1) is 19.5. The van der Waals surface area contributed by atoms with E-state index in [1.165, 1.54) is 6.07 Å². The largest absolute Gasteiger partial charge is 0.416 e. The minimum Gasteiger partial charge on any atom is -0.416 e. The van der Waals surface area contributed by atoms with Gasteiger partial charge in [-0.15, -0.1) is 10.2 Å². The Hall–Kier alpha value is -3.80. The Morgan fingerprint density at radius 2 is 1.63 bits per heavy atom. The van der Waals surface area contributed by atoms with Crippen LogP contribution in [0, 0.1) is 12.7 Å². The van der Waals surface area contributed by atoms with Gasteiger partial charge >= 0.3 is 0 Å². The number of carbonyl (C=O) groups is 1. The van der Waals surface area contributed by atoms with Crippen LogP contribution in [0.25, 0.3) is 22.9 Å². The Bertz CT molecular complexity index is 1170. The molecular weight excluding hydrogens is 381 g/mol. The Balaban J connectivity index is 1.40. The summed E-state index contributed by atoms with van der Waals surface area (Å²) in [6.07, 6.45) is 0.431. The van der Waals surface area contributed by atoms with E-state index < -0.39 is 0 Å². The molecule has 0 fully saturated rings. The number of carbonyl (C=O) groups excluding carboxylic acids is 1. The summed E-state index contributed by atoms with van der Waals surface area (Å²) >= 11 is 0. The zero-order chi connectivity index (χ0) is 20.9. The third-order valence-electron chi connectivity index (χ3n) is 4.83. The fourth-order valence-electron chi connectivity index (χ4n) is 3.14. The van der Waals surface area contributed by atoms with E-state index in [0.717, 1.165) is 16.7 Å². The molecule has 4 aromatic rings. The van der Waals surface area contributed by atoms with E-state index in [2.05, 4.69) is 15.5 Å². The zero-order valence-electron chi connectivity index (χ0n) is 16.4. The van der Waals surface area contributed by atoms with Gasteiger partial charge in [0.05, 0.1) is 0 Å². The van der Waals surface area contributed by atoms with Crippen molar-refractivity contribution >= 4 is 5.91 Å². The molecule has 1 amide bonds. The molecule has 0 atom stereocenters. The summed E-state index contributed by atoms with van der Waals surface area (Å²) in [5.74, 6) is 0.363. The van der Waals surface area contributed by atoms with E-state index in [9.17, 15) is 9.18 Å². The molecule has 5 nitrogen and oxygen atoms in total. The van der Waals surface area contributed by atoms with Crippen LogP contribution in [-0.4, -0.2) is 22.6 Å². The average Bonchev–Trinajstić information content (AvgIpc) is 3.25. The molecule has 30 heavy (non-hydrogen) atoms. The second-order valence-corrected chi connectivity index (χ2v) is 6.90. The third-order valence-corrected chi connectivity index (χ3v) is 4.83. The molecule has 150 valence electrons. The lowest BCUT2D eigenvalue weighted by Gasteiger charge is -2.06. The summed E-state index contributed by atoms with van der Waals surface area (Å²) in [4.78, 5) is 12.3. The molecule has 0 aliphatic carbocycles. The predicted molar refractivity (Wildman–Crippen MR) is 112 cm³/mol. The van der Waals surface area contributed by atoms with Crippen LogP contribution in [0.2, 0.25) is 0 Å². The number of aromatic nitrogens is 2. The molecule has 3 aromatic carbocycles. The van der Waals surface area contributed by atoms with Gasteiger partial charge in [0.2, 0.25) is 11.8 Å². The van der Waals surface area contributed by atoms with Crippen molar-refractivity contribution in [3.63, 3.8) is 0 Å². The molecule has 0 bridgehead atoms. The SMILES string of the molecule is Cc1ccccc1-c1nnc(-c2ccc(C(=O)NCCc3ccccc3F)cc2)o1. The number of hydrogen-bond acceptors (Lipinski definition) is 4. The topological polar surface area (TPSA) is 68.0 Å². The van der Waals surface area contributed by atoms with Crippen LogP contribution < -0.4 is 5.32 Å². The molecule has 0 aliphatic rings. The third kappa shape index (κ3) is 4.27. The van der Waals surface area contributed by atoms with Gasteiger partial charge in [0.15, 0.2) is 0 Å². The predicted octanol–water partition coefficient (Wildman–Crippen LogP) is 4.82. The van der Waals surface area contributed by atoms with E-state index in [-0.39, 0.29) is 11.7 Å². The van der Waals surface area contributed by atoms with Crippen LogP contribution in [-0.2, 0) is 6.42 Å². The Kier molecular flexibility index (Phi) is 5.66. The molecule has 0 saturated carbocycles. The van der Waals surface area contributed by atoms with Crippen LogP contribution in [0.4, 0.5) is 4.39 Å². The van der Waals surface area contributed by atoms with Crippen LogP contribution in [0.1, 0.15) is 21.5 Å². The fourth-order valence-corrected chi connectivity index (χ4v) is 3.14. The summed E-state index contributed by atoms with van der Waals surface area (Å²) in [5.41, 5.74) is 3.75. The Labute approximate surface area is 173 Å². The molecule has 6 heteroatoms. The average molecular weight is 401 g/mol. The van der Waals surface area contributed by atoms with Gasteiger partial charge in [-0.2, -0.15) is 0 Å². The molecule has 0 aliphatic heterocycles. The number of nitrogens with zero attached hydrogens (tertiary/aromatic N) is 2. The summed E-state index contributed by atoms with van der Waals surface area (Å²) in [7, 11) is 0. The van der Waals surface area contributed by atoms with E-state index >= 15 is 0 Å². The summed E-state index contributed by atoms with van der Waals surface area (Å²) in [6.45, 7) is 2.34. The maximum Gasteiger partial charge on any atom is 0.251 e.